The Hall–Kier alpha value is -0.0900. The van der Waals surface area contributed by atoms with Gasteiger partial charge < -0.3 is 0 Å². The third-order valence-corrected chi connectivity index (χ3v) is 2.32. The van der Waals surface area contributed by atoms with Gasteiger partial charge in [-0.25, -0.2) is 5.48 Å². The van der Waals surface area contributed by atoms with Gasteiger partial charge in [0, 0.05) is 6.42 Å². The van der Waals surface area contributed by atoms with Crippen molar-refractivity contribution in [1.82, 2.24) is 5.48 Å². The fourth-order valence-corrected chi connectivity index (χ4v) is 1.52. The van der Waals surface area contributed by atoms with Crippen molar-refractivity contribution in [3.05, 3.63) is 0 Å². The summed E-state index contributed by atoms with van der Waals surface area (Å²) in [5.41, 5.74) is 2.23. The van der Waals surface area contributed by atoms with Crippen molar-refractivity contribution < 1.29 is 8.72 Å². The van der Waals surface area contributed by atoms with E-state index in [0.717, 1.165) is 12.8 Å². The summed E-state index contributed by atoms with van der Waals surface area (Å²) in [6.45, 7) is 2.21. The lowest BCUT2D eigenvalue weighted by Gasteiger charge is -2.01. The molecule has 14 heavy (non-hydrogen) atoms. The number of nitrogens with one attached hydrogen (secondary N) is 1. The van der Waals surface area contributed by atoms with Crippen LogP contribution in [0.1, 0.15) is 58.3 Å². The van der Waals surface area contributed by atoms with Crippen molar-refractivity contribution in [3.63, 3.8) is 0 Å². The molecule has 0 aromatic carbocycles. The number of hydroxylamine groups is 1. The molecule has 0 aliphatic carbocycles. The molecule has 0 aliphatic heterocycles. The molecule has 0 aliphatic rings. The number of hydrogen-bond donors (Lipinski definition) is 1. The third kappa shape index (κ3) is 9.99. The predicted octanol–water partition coefficient (Wildman–Crippen LogP) is 3.48. The predicted molar refractivity (Wildman–Crippen MR) is 60.8 cm³/mol. The Morgan fingerprint density at radius 2 is 1.71 bits per heavy atom. The molecule has 0 radical (unpaired) electrons. The molecular formula is C10H20BrNO2. The van der Waals surface area contributed by atoms with Crippen LogP contribution in [0.15, 0.2) is 0 Å². The van der Waals surface area contributed by atoms with Crippen LogP contribution in [0.25, 0.3) is 0 Å². The summed E-state index contributed by atoms with van der Waals surface area (Å²) in [5.74, 6) is -0.0598. The van der Waals surface area contributed by atoms with E-state index in [1.807, 2.05) is 0 Å². The summed E-state index contributed by atoms with van der Waals surface area (Å²) in [6, 6.07) is 0. The molecule has 3 nitrogen and oxygen atoms in total. The minimum atomic E-state index is -0.0598. The first-order valence-corrected chi connectivity index (χ1v) is 6.02. The minimum Gasteiger partial charge on any atom is -0.273 e. The lowest BCUT2D eigenvalue weighted by Crippen LogP contribution is -2.18. The first-order valence-electron chi connectivity index (χ1n) is 5.37. The Balaban J connectivity index is 3.01. The van der Waals surface area contributed by atoms with Crippen LogP contribution in [0.4, 0.5) is 0 Å². The highest BCUT2D eigenvalue weighted by Gasteiger charge is 1.99. The van der Waals surface area contributed by atoms with Gasteiger partial charge in [-0.2, -0.15) is 3.93 Å². The van der Waals surface area contributed by atoms with E-state index >= 15 is 0 Å². The summed E-state index contributed by atoms with van der Waals surface area (Å²) in [7, 11) is 0. The second kappa shape index (κ2) is 11.0. The van der Waals surface area contributed by atoms with E-state index in [1.54, 1.807) is 0 Å². The zero-order chi connectivity index (χ0) is 10.6. The fourth-order valence-electron chi connectivity index (χ4n) is 1.34. The van der Waals surface area contributed by atoms with Crippen LogP contribution in [-0.4, -0.2) is 5.91 Å². The fraction of sp³-hybridized carbons (Fsp3) is 0.900. The molecule has 0 unspecified atom stereocenters. The van der Waals surface area contributed by atoms with Crippen molar-refractivity contribution in [3.8, 4) is 0 Å². The van der Waals surface area contributed by atoms with Gasteiger partial charge in [-0.05, 0) is 6.42 Å². The van der Waals surface area contributed by atoms with E-state index in [0.29, 0.717) is 6.42 Å². The van der Waals surface area contributed by atoms with Crippen LogP contribution in [-0.2, 0) is 8.72 Å². The molecule has 84 valence electrons. The number of halogens is 1. The maximum atomic E-state index is 10.9. The number of unbranched alkanes of at least 4 members (excludes halogenated alkanes) is 6. The van der Waals surface area contributed by atoms with Crippen LogP contribution in [0.5, 0.6) is 0 Å². The van der Waals surface area contributed by atoms with E-state index < -0.39 is 0 Å². The second-order valence-electron chi connectivity index (χ2n) is 3.47. The smallest absolute Gasteiger partial charge is 0.244 e. The lowest BCUT2D eigenvalue weighted by molar-refractivity contribution is -0.126. The highest BCUT2D eigenvalue weighted by atomic mass is 79.9. The Bertz CT molecular complexity index is 142. The number of hydrogen-bond acceptors (Lipinski definition) is 2. The van der Waals surface area contributed by atoms with Crippen molar-refractivity contribution in [2.45, 2.75) is 58.3 Å². The normalized spacial score (nSPS) is 10.1. The van der Waals surface area contributed by atoms with Crippen LogP contribution in [0, 0.1) is 0 Å². The molecule has 0 aromatic rings. The van der Waals surface area contributed by atoms with Gasteiger partial charge in [-0.15, -0.1) is 0 Å². The molecule has 1 N–H and O–H groups in total. The van der Waals surface area contributed by atoms with Crippen LogP contribution in [0.2, 0.25) is 0 Å². The first kappa shape index (κ1) is 13.9. The summed E-state index contributed by atoms with van der Waals surface area (Å²) >= 11 is 2.67. The van der Waals surface area contributed by atoms with E-state index in [9.17, 15) is 4.79 Å². The van der Waals surface area contributed by atoms with Crippen LogP contribution in [0.3, 0.4) is 0 Å². The SMILES string of the molecule is CCCCCCCCCC(=O)NOBr. The quantitative estimate of drug-likeness (QED) is 0.512. The molecule has 0 atom stereocenters. The third-order valence-electron chi connectivity index (χ3n) is 2.16. The standard InChI is InChI=1S/C10H20BrNO2/c1-2-3-4-5-6-7-8-9-10(13)12-14-11/h2-9H2,1H3,(H,12,13). The van der Waals surface area contributed by atoms with Gasteiger partial charge in [0.05, 0.1) is 0 Å². The van der Waals surface area contributed by atoms with Crippen LogP contribution < -0.4 is 5.48 Å². The van der Waals surface area contributed by atoms with Gasteiger partial charge in [0.25, 0.3) is 0 Å². The Labute approximate surface area is 95.0 Å². The Morgan fingerprint density at radius 1 is 1.14 bits per heavy atom. The molecule has 4 heteroatoms. The van der Waals surface area contributed by atoms with Crippen molar-refractivity contribution >= 4 is 22.2 Å². The Kier molecular flexibility index (Phi) is 10.9. The van der Waals surface area contributed by atoms with Gasteiger partial charge in [0.15, 0.2) is 0 Å². The Morgan fingerprint density at radius 3 is 2.29 bits per heavy atom. The minimum absolute atomic E-state index is 0.0598. The summed E-state index contributed by atoms with van der Waals surface area (Å²) in [5, 5.41) is 0. The van der Waals surface area contributed by atoms with E-state index in [-0.39, 0.29) is 5.91 Å². The zero-order valence-corrected chi connectivity index (χ0v) is 10.4. The highest BCUT2D eigenvalue weighted by Crippen LogP contribution is 2.08. The van der Waals surface area contributed by atoms with E-state index in [1.165, 1.54) is 32.1 Å². The largest absolute Gasteiger partial charge is 0.273 e. The molecule has 0 fully saturated rings. The number of carbonyl (C=O) groups excluding carboxylic acids is 1. The molecule has 0 spiro atoms. The topological polar surface area (TPSA) is 38.3 Å². The zero-order valence-electron chi connectivity index (χ0n) is 8.85. The molecule has 0 saturated heterocycles. The van der Waals surface area contributed by atoms with Crippen LogP contribution >= 0.6 is 16.3 Å². The molecule has 0 heterocycles. The van der Waals surface area contributed by atoms with Crippen molar-refractivity contribution in [2.75, 3.05) is 0 Å². The number of carbonyl (C=O) groups is 1. The lowest BCUT2D eigenvalue weighted by atomic mass is 10.1. The van der Waals surface area contributed by atoms with E-state index in [2.05, 4.69) is 32.6 Å². The summed E-state index contributed by atoms with van der Waals surface area (Å²) < 4.78 is 4.33. The van der Waals surface area contributed by atoms with Gasteiger partial charge >= 0.3 is 0 Å². The molecule has 0 bridgehead atoms. The monoisotopic (exact) mass is 265 g/mol. The highest BCUT2D eigenvalue weighted by molar-refractivity contribution is 9.05. The maximum Gasteiger partial charge on any atom is 0.244 e. The number of amides is 1. The molecule has 0 rings (SSSR count). The van der Waals surface area contributed by atoms with Gasteiger partial charge in [0.2, 0.25) is 5.91 Å². The van der Waals surface area contributed by atoms with Crippen molar-refractivity contribution in [1.29, 1.82) is 0 Å². The molecule has 0 aromatic heterocycles. The van der Waals surface area contributed by atoms with Gasteiger partial charge in [-0.3, -0.25) is 4.79 Å². The summed E-state index contributed by atoms with van der Waals surface area (Å²) in [4.78, 5) is 10.9. The van der Waals surface area contributed by atoms with Crippen molar-refractivity contribution in [2.24, 2.45) is 0 Å². The molecule has 0 saturated carbocycles. The second-order valence-corrected chi connectivity index (χ2v) is 3.80. The summed E-state index contributed by atoms with van der Waals surface area (Å²) in [6.07, 6.45) is 9.12. The molecular weight excluding hydrogens is 246 g/mol. The number of rotatable bonds is 9. The van der Waals surface area contributed by atoms with Gasteiger partial charge in [0.1, 0.15) is 16.3 Å². The first-order chi connectivity index (χ1) is 6.81. The van der Waals surface area contributed by atoms with Gasteiger partial charge in [-0.1, -0.05) is 45.4 Å². The molecule has 1 amide bonds. The van der Waals surface area contributed by atoms with E-state index in [4.69, 9.17) is 0 Å². The maximum absolute atomic E-state index is 10.9. The average Bonchev–Trinajstić information content (AvgIpc) is 2.17. The average molecular weight is 266 g/mol.